The second-order valence-corrected chi connectivity index (χ2v) is 10.4. The summed E-state index contributed by atoms with van der Waals surface area (Å²) in [4.78, 5) is 4.64. The van der Waals surface area contributed by atoms with Crippen LogP contribution in [0, 0.1) is 6.92 Å². The van der Waals surface area contributed by atoms with Crippen LogP contribution in [0.3, 0.4) is 0 Å². The van der Waals surface area contributed by atoms with Crippen LogP contribution >= 0.6 is 0 Å². The molecule has 6 heteroatoms. The molecule has 3 heterocycles. The van der Waals surface area contributed by atoms with Gasteiger partial charge in [-0.15, -0.1) is 0 Å². The van der Waals surface area contributed by atoms with Crippen molar-refractivity contribution in [2.24, 2.45) is 0 Å². The largest absolute Gasteiger partial charge is 0.327 e. The zero-order chi connectivity index (χ0) is 21.9. The molecule has 1 atom stereocenters. The van der Waals surface area contributed by atoms with E-state index in [4.69, 9.17) is 0 Å². The highest BCUT2D eigenvalue weighted by Crippen LogP contribution is 2.37. The highest BCUT2D eigenvalue weighted by atomic mass is 32.2. The lowest BCUT2D eigenvalue weighted by Gasteiger charge is -2.26. The zero-order valence-corrected chi connectivity index (χ0v) is 18.6. The third-order valence-electron chi connectivity index (χ3n) is 6.59. The van der Waals surface area contributed by atoms with Gasteiger partial charge >= 0.3 is 0 Å². The maximum absolute atomic E-state index is 13.8. The Bertz CT molecular complexity index is 1580. The maximum Gasteiger partial charge on any atom is 0.268 e. The molecule has 0 aliphatic carbocycles. The summed E-state index contributed by atoms with van der Waals surface area (Å²) >= 11 is 0. The van der Waals surface area contributed by atoms with Crippen LogP contribution in [-0.2, 0) is 16.4 Å². The summed E-state index contributed by atoms with van der Waals surface area (Å²) < 4.78 is 31.4. The fourth-order valence-electron chi connectivity index (χ4n) is 4.98. The average molecular weight is 442 g/mol. The van der Waals surface area contributed by atoms with Crippen molar-refractivity contribution in [3.8, 4) is 0 Å². The maximum atomic E-state index is 13.8. The van der Waals surface area contributed by atoms with Gasteiger partial charge in [0.25, 0.3) is 10.0 Å². The van der Waals surface area contributed by atoms with E-state index in [0.29, 0.717) is 10.4 Å². The summed E-state index contributed by atoms with van der Waals surface area (Å²) in [6, 6.07) is 21.2. The standard InChI is InChI=1S/C26H23N3O2S/c1-18-9-12-21(13-10-18)32(30,31)29-25-7-3-2-6-22(25)23-14-11-19(15-26(23)29)24-8-4-5-20-16-27-17-28(20)24/h2-3,6-7,9-17,24H,4-5,8H2,1H3. The normalized spacial score (nSPS) is 16.5. The van der Waals surface area contributed by atoms with Crippen LogP contribution in [0.2, 0.25) is 0 Å². The molecule has 160 valence electrons. The van der Waals surface area contributed by atoms with Crippen molar-refractivity contribution in [3.05, 3.63) is 96.1 Å². The van der Waals surface area contributed by atoms with Gasteiger partial charge in [0, 0.05) is 22.7 Å². The van der Waals surface area contributed by atoms with Crippen molar-refractivity contribution < 1.29 is 8.42 Å². The number of nitrogens with zero attached hydrogens (tertiary/aromatic N) is 3. The van der Waals surface area contributed by atoms with Crippen molar-refractivity contribution in [3.63, 3.8) is 0 Å². The Morgan fingerprint density at radius 1 is 0.938 bits per heavy atom. The molecule has 0 amide bonds. The molecule has 0 fully saturated rings. The van der Waals surface area contributed by atoms with E-state index in [-0.39, 0.29) is 6.04 Å². The molecule has 6 rings (SSSR count). The van der Waals surface area contributed by atoms with Gasteiger partial charge in [0.05, 0.1) is 28.3 Å². The monoisotopic (exact) mass is 441 g/mol. The van der Waals surface area contributed by atoms with E-state index in [1.165, 1.54) is 9.67 Å². The molecule has 0 N–H and O–H groups in total. The number of imidazole rings is 1. The summed E-state index contributed by atoms with van der Waals surface area (Å²) in [6.45, 7) is 1.96. The molecule has 0 saturated carbocycles. The quantitative estimate of drug-likeness (QED) is 0.373. The van der Waals surface area contributed by atoms with E-state index in [1.807, 2.05) is 55.8 Å². The van der Waals surface area contributed by atoms with Gasteiger partial charge in [-0.2, -0.15) is 0 Å². The number of fused-ring (bicyclic) bond motifs is 4. The lowest BCUT2D eigenvalue weighted by Crippen LogP contribution is -2.18. The lowest BCUT2D eigenvalue weighted by atomic mass is 9.95. The fourth-order valence-corrected chi connectivity index (χ4v) is 6.50. The number of benzene rings is 3. The van der Waals surface area contributed by atoms with Gasteiger partial charge in [-0.25, -0.2) is 17.4 Å². The van der Waals surface area contributed by atoms with Gasteiger partial charge in [-0.05, 0) is 56.0 Å². The molecule has 1 aliphatic rings. The molecule has 0 bridgehead atoms. The topological polar surface area (TPSA) is 56.9 Å². The van der Waals surface area contributed by atoms with Gasteiger partial charge in [0.15, 0.2) is 0 Å². The highest BCUT2D eigenvalue weighted by Gasteiger charge is 2.26. The molecule has 1 aliphatic heterocycles. The van der Waals surface area contributed by atoms with Crippen LogP contribution in [0.25, 0.3) is 21.8 Å². The number of rotatable bonds is 3. The molecule has 0 radical (unpaired) electrons. The van der Waals surface area contributed by atoms with Crippen molar-refractivity contribution in [1.29, 1.82) is 0 Å². The first-order chi connectivity index (χ1) is 15.5. The van der Waals surface area contributed by atoms with Gasteiger partial charge in [-0.3, -0.25) is 0 Å². The van der Waals surface area contributed by atoms with E-state index in [2.05, 4.69) is 27.8 Å². The van der Waals surface area contributed by atoms with Crippen LogP contribution in [0.15, 0.2) is 84.1 Å². The number of aryl methyl sites for hydroxylation is 2. The smallest absolute Gasteiger partial charge is 0.268 e. The minimum absolute atomic E-state index is 0.166. The summed E-state index contributed by atoms with van der Waals surface area (Å²) in [5, 5.41) is 1.89. The van der Waals surface area contributed by atoms with Crippen LogP contribution in [0.4, 0.5) is 0 Å². The van der Waals surface area contributed by atoms with Crippen LogP contribution < -0.4 is 0 Å². The molecule has 0 spiro atoms. The van der Waals surface area contributed by atoms with Crippen LogP contribution in [0.1, 0.15) is 35.7 Å². The molecule has 1 unspecified atom stereocenters. The van der Waals surface area contributed by atoms with E-state index < -0.39 is 10.0 Å². The fraction of sp³-hybridized carbons (Fsp3) is 0.192. The zero-order valence-electron chi connectivity index (χ0n) is 17.8. The van der Waals surface area contributed by atoms with E-state index in [1.54, 1.807) is 12.1 Å². The Balaban J connectivity index is 1.62. The van der Waals surface area contributed by atoms with Crippen molar-refractivity contribution in [1.82, 2.24) is 13.5 Å². The molecule has 2 aromatic heterocycles. The number of aromatic nitrogens is 3. The molecule has 32 heavy (non-hydrogen) atoms. The Labute approximate surface area is 187 Å². The minimum atomic E-state index is -3.77. The number of hydrogen-bond acceptors (Lipinski definition) is 3. The highest BCUT2D eigenvalue weighted by molar-refractivity contribution is 7.90. The van der Waals surface area contributed by atoms with E-state index in [0.717, 1.165) is 46.7 Å². The Kier molecular flexibility index (Phi) is 4.27. The van der Waals surface area contributed by atoms with Crippen LogP contribution in [0.5, 0.6) is 0 Å². The van der Waals surface area contributed by atoms with Gasteiger partial charge < -0.3 is 4.57 Å². The van der Waals surface area contributed by atoms with Crippen LogP contribution in [-0.4, -0.2) is 21.9 Å². The van der Waals surface area contributed by atoms with E-state index >= 15 is 0 Å². The summed E-state index contributed by atoms with van der Waals surface area (Å²) in [5.41, 5.74) is 4.79. The minimum Gasteiger partial charge on any atom is -0.327 e. The van der Waals surface area contributed by atoms with Crippen molar-refractivity contribution in [2.45, 2.75) is 37.1 Å². The Hall–Kier alpha value is -3.38. The number of hydrogen-bond donors (Lipinski definition) is 0. The summed E-state index contributed by atoms with van der Waals surface area (Å²) in [6.07, 6.45) is 6.96. The van der Waals surface area contributed by atoms with Crippen molar-refractivity contribution >= 4 is 31.8 Å². The third-order valence-corrected chi connectivity index (χ3v) is 8.33. The van der Waals surface area contributed by atoms with Gasteiger partial charge in [0.2, 0.25) is 0 Å². The van der Waals surface area contributed by atoms with Crippen molar-refractivity contribution in [2.75, 3.05) is 0 Å². The predicted molar refractivity (Wildman–Crippen MR) is 127 cm³/mol. The molecule has 5 nitrogen and oxygen atoms in total. The second-order valence-electron chi connectivity index (χ2n) is 8.58. The Morgan fingerprint density at radius 3 is 2.56 bits per heavy atom. The second kappa shape index (κ2) is 7.07. The first-order valence-corrected chi connectivity index (χ1v) is 12.3. The predicted octanol–water partition coefficient (Wildman–Crippen LogP) is 5.46. The van der Waals surface area contributed by atoms with Gasteiger partial charge in [-0.1, -0.05) is 48.0 Å². The van der Waals surface area contributed by atoms with Gasteiger partial charge in [0.1, 0.15) is 0 Å². The number of para-hydroxylation sites is 1. The third kappa shape index (κ3) is 2.83. The SMILES string of the molecule is Cc1ccc(S(=O)(=O)n2c3ccccc3c3ccc(C4CCCc5cncn54)cc32)cc1. The first-order valence-electron chi connectivity index (χ1n) is 10.9. The molecule has 3 aromatic carbocycles. The summed E-state index contributed by atoms with van der Waals surface area (Å²) in [5.74, 6) is 0. The lowest BCUT2D eigenvalue weighted by molar-refractivity contribution is 0.458. The van der Waals surface area contributed by atoms with E-state index in [9.17, 15) is 8.42 Å². The summed E-state index contributed by atoms with van der Waals surface area (Å²) in [7, 11) is -3.77. The molecular weight excluding hydrogens is 418 g/mol. The molecule has 0 saturated heterocycles. The first kappa shape index (κ1) is 19.3. The molecular formula is C26H23N3O2S. The Morgan fingerprint density at radius 2 is 1.72 bits per heavy atom. The molecule has 5 aromatic rings. The average Bonchev–Trinajstić information content (AvgIpc) is 3.41.